The predicted octanol–water partition coefficient (Wildman–Crippen LogP) is 3.64. The van der Waals surface area contributed by atoms with Crippen LogP contribution < -0.4 is 15.8 Å². The Balaban J connectivity index is 0.00000264. The van der Waals surface area contributed by atoms with Gasteiger partial charge in [-0.05, 0) is 36.8 Å². The first-order valence-corrected chi connectivity index (χ1v) is 7.87. The van der Waals surface area contributed by atoms with Crippen LogP contribution in [0.25, 0.3) is 0 Å². The van der Waals surface area contributed by atoms with Crippen molar-refractivity contribution in [2.45, 2.75) is 32.1 Å². The molecule has 6 heteroatoms. The fourth-order valence-corrected chi connectivity index (χ4v) is 3.07. The molecule has 2 rings (SSSR count). The SMILES string of the molecule is COCCC1(CN=C(N)Nc2cccc(OC)c2)CCCC1.I. The van der Waals surface area contributed by atoms with Gasteiger partial charge in [0, 0.05) is 32.0 Å². The summed E-state index contributed by atoms with van der Waals surface area (Å²) in [7, 11) is 3.40. The van der Waals surface area contributed by atoms with Crippen molar-refractivity contribution in [1.82, 2.24) is 0 Å². The number of hydrogen-bond acceptors (Lipinski definition) is 3. The molecule has 0 radical (unpaired) electrons. The zero-order valence-corrected chi connectivity index (χ0v) is 16.3. The van der Waals surface area contributed by atoms with E-state index in [2.05, 4.69) is 10.3 Å². The van der Waals surface area contributed by atoms with Crippen molar-refractivity contribution < 1.29 is 9.47 Å². The molecule has 0 amide bonds. The van der Waals surface area contributed by atoms with Crippen LogP contribution in [0, 0.1) is 5.41 Å². The molecule has 1 aromatic carbocycles. The average molecular weight is 433 g/mol. The van der Waals surface area contributed by atoms with Gasteiger partial charge in [-0.15, -0.1) is 24.0 Å². The van der Waals surface area contributed by atoms with Crippen molar-refractivity contribution >= 4 is 35.6 Å². The monoisotopic (exact) mass is 433 g/mol. The maximum atomic E-state index is 6.03. The first-order chi connectivity index (χ1) is 10.7. The first-order valence-electron chi connectivity index (χ1n) is 7.87. The number of aliphatic imine (C=N–C) groups is 1. The van der Waals surface area contributed by atoms with E-state index < -0.39 is 0 Å². The maximum absolute atomic E-state index is 6.03. The van der Waals surface area contributed by atoms with Gasteiger partial charge in [0.05, 0.1) is 7.11 Å². The molecule has 1 aliphatic rings. The van der Waals surface area contributed by atoms with Crippen molar-refractivity contribution in [2.24, 2.45) is 16.1 Å². The third-order valence-electron chi connectivity index (χ3n) is 4.43. The van der Waals surface area contributed by atoms with Crippen molar-refractivity contribution in [1.29, 1.82) is 0 Å². The number of benzene rings is 1. The van der Waals surface area contributed by atoms with E-state index in [9.17, 15) is 0 Å². The number of nitrogens with zero attached hydrogens (tertiary/aromatic N) is 1. The van der Waals surface area contributed by atoms with E-state index in [0.717, 1.165) is 31.0 Å². The van der Waals surface area contributed by atoms with Gasteiger partial charge in [-0.25, -0.2) is 0 Å². The highest BCUT2D eigenvalue weighted by atomic mass is 127. The normalized spacial score (nSPS) is 16.7. The molecular weight excluding hydrogens is 405 g/mol. The molecule has 1 fully saturated rings. The van der Waals surface area contributed by atoms with Crippen LogP contribution in [0.3, 0.4) is 0 Å². The topological polar surface area (TPSA) is 68.9 Å². The fourth-order valence-electron chi connectivity index (χ4n) is 3.07. The summed E-state index contributed by atoms with van der Waals surface area (Å²) in [5.74, 6) is 1.25. The van der Waals surface area contributed by atoms with Crippen LogP contribution in [-0.4, -0.2) is 33.3 Å². The van der Waals surface area contributed by atoms with Gasteiger partial charge in [0.2, 0.25) is 0 Å². The zero-order valence-electron chi connectivity index (χ0n) is 14.0. The molecule has 1 aromatic rings. The molecule has 0 aliphatic heterocycles. The number of halogens is 1. The number of nitrogens with two attached hydrogens (primary N) is 1. The molecule has 0 aromatic heterocycles. The van der Waals surface area contributed by atoms with E-state index in [4.69, 9.17) is 15.2 Å². The number of ether oxygens (including phenoxy) is 2. The number of hydrogen-bond donors (Lipinski definition) is 2. The Bertz CT molecular complexity index is 502. The summed E-state index contributed by atoms with van der Waals surface area (Å²) in [5.41, 5.74) is 7.18. The summed E-state index contributed by atoms with van der Waals surface area (Å²) >= 11 is 0. The standard InChI is InChI=1S/C17H27N3O2.HI/c1-21-11-10-17(8-3-4-9-17)13-19-16(18)20-14-6-5-7-15(12-14)22-2;/h5-7,12H,3-4,8-11,13H2,1-2H3,(H3,18,19,20);1H. The lowest BCUT2D eigenvalue weighted by molar-refractivity contribution is 0.141. The predicted molar refractivity (Wildman–Crippen MR) is 106 cm³/mol. The van der Waals surface area contributed by atoms with E-state index in [0.29, 0.717) is 5.96 Å². The van der Waals surface area contributed by atoms with Gasteiger partial charge in [0.15, 0.2) is 5.96 Å². The van der Waals surface area contributed by atoms with Crippen molar-refractivity contribution in [2.75, 3.05) is 32.7 Å². The summed E-state index contributed by atoms with van der Waals surface area (Å²) in [6, 6.07) is 7.67. The van der Waals surface area contributed by atoms with E-state index in [1.807, 2.05) is 24.3 Å². The number of rotatable bonds is 7. The number of anilines is 1. The van der Waals surface area contributed by atoms with Gasteiger partial charge in [-0.2, -0.15) is 0 Å². The Hall–Kier alpha value is -1.02. The molecule has 3 N–H and O–H groups in total. The lowest BCUT2D eigenvalue weighted by Gasteiger charge is -2.26. The lowest BCUT2D eigenvalue weighted by atomic mass is 9.83. The van der Waals surface area contributed by atoms with E-state index in [1.54, 1.807) is 14.2 Å². The van der Waals surface area contributed by atoms with E-state index >= 15 is 0 Å². The molecule has 1 aliphatic carbocycles. The summed E-state index contributed by atoms with van der Waals surface area (Å²) in [6.07, 6.45) is 6.04. The molecule has 1 saturated carbocycles. The molecule has 5 nitrogen and oxygen atoms in total. The van der Waals surface area contributed by atoms with Gasteiger partial charge in [-0.3, -0.25) is 4.99 Å². The number of methoxy groups -OCH3 is 2. The molecule has 0 unspecified atom stereocenters. The largest absolute Gasteiger partial charge is 0.497 e. The van der Waals surface area contributed by atoms with Crippen LogP contribution in [0.4, 0.5) is 5.69 Å². The molecule has 23 heavy (non-hydrogen) atoms. The van der Waals surface area contributed by atoms with Gasteiger partial charge >= 0.3 is 0 Å². The van der Waals surface area contributed by atoms with Crippen LogP contribution >= 0.6 is 24.0 Å². The Morgan fingerprint density at radius 1 is 1.30 bits per heavy atom. The molecule has 0 spiro atoms. The van der Waals surface area contributed by atoms with Gasteiger partial charge in [0.25, 0.3) is 0 Å². The summed E-state index contributed by atoms with van der Waals surface area (Å²) < 4.78 is 10.5. The second kappa shape index (κ2) is 9.97. The summed E-state index contributed by atoms with van der Waals surface area (Å²) in [5, 5.41) is 3.13. The highest BCUT2D eigenvalue weighted by Gasteiger charge is 2.33. The van der Waals surface area contributed by atoms with Crippen molar-refractivity contribution in [3.8, 4) is 5.75 Å². The first kappa shape index (κ1) is 20.0. The van der Waals surface area contributed by atoms with Crippen LogP contribution in [0.5, 0.6) is 5.75 Å². The van der Waals surface area contributed by atoms with Gasteiger partial charge in [0.1, 0.15) is 5.75 Å². The van der Waals surface area contributed by atoms with Crippen LogP contribution in [-0.2, 0) is 4.74 Å². The summed E-state index contributed by atoms with van der Waals surface area (Å²) in [4.78, 5) is 4.57. The minimum atomic E-state index is 0. The minimum Gasteiger partial charge on any atom is -0.497 e. The van der Waals surface area contributed by atoms with Crippen LogP contribution in [0.15, 0.2) is 29.3 Å². The third kappa shape index (κ3) is 6.18. The molecule has 130 valence electrons. The quantitative estimate of drug-likeness (QED) is 0.392. The average Bonchev–Trinajstić information content (AvgIpc) is 3.00. The highest BCUT2D eigenvalue weighted by molar-refractivity contribution is 14.0. The molecular formula is C17H28IN3O2. The van der Waals surface area contributed by atoms with E-state index in [-0.39, 0.29) is 29.4 Å². The zero-order chi connectivity index (χ0) is 15.8. The van der Waals surface area contributed by atoms with Crippen molar-refractivity contribution in [3.63, 3.8) is 0 Å². The Morgan fingerprint density at radius 2 is 2.04 bits per heavy atom. The lowest BCUT2D eigenvalue weighted by Crippen LogP contribution is -2.28. The van der Waals surface area contributed by atoms with Crippen molar-refractivity contribution in [3.05, 3.63) is 24.3 Å². The second-order valence-electron chi connectivity index (χ2n) is 6.01. The highest BCUT2D eigenvalue weighted by Crippen LogP contribution is 2.41. The number of nitrogens with one attached hydrogen (secondary N) is 1. The van der Waals surface area contributed by atoms with Crippen LogP contribution in [0.1, 0.15) is 32.1 Å². The summed E-state index contributed by atoms with van der Waals surface area (Å²) in [6.45, 7) is 1.55. The van der Waals surface area contributed by atoms with Crippen LogP contribution in [0.2, 0.25) is 0 Å². The third-order valence-corrected chi connectivity index (χ3v) is 4.43. The Labute approximate surface area is 156 Å². The fraction of sp³-hybridized carbons (Fsp3) is 0.588. The molecule has 0 bridgehead atoms. The maximum Gasteiger partial charge on any atom is 0.193 e. The van der Waals surface area contributed by atoms with E-state index in [1.165, 1.54) is 25.7 Å². The number of guanidine groups is 1. The van der Waals surface area contributed by atoms with Gasteiger partial charge < -0.3 is 20.5 Å². The molecule has 0 heterocycles. The Morgan fingerprint density at radius 3 is 2.70 bits per heavy atom. The van der Waals surface area contributed by atoms with Gasteiger partial charge in [-0.1, -0.05) is 18.9 Å². The smallest absolute Gasteiger partial charge is 0.193 e. The molecule has 0 saturated heterocycles. The Kier molecular flexibility index (Phi) is 8.68. The second-order valence-corrected chi connectivity index (χ2v) is 6.01. The molecule has 0 atom stereocenters. The minimum absolute atomic E-state index is 0.